The van der Waals surface area contributed by atoms with Gasteiger partial charge in [-0.1, -0.05) is 26.2 Å². The Morgan fingerprint density at radius 3 is 2.29 bits per heavy atom. The van der Waals surface area contributed by atoms with Gasteiger partial charge < -0.3 is 10.4 Å². The van der Waals surface area contributed by atoms with Crippen molar-refractivity contribution in [2.45, 2.75) is 65.0 Å². The monoisotopic (exact) mass is 199 g/mol. The minimum Gasteiger partial charge on any atom is -0.392 e. The van der Waals surface area contributed by atoms with E-state index in [1.807, 2.05) is 6.92 Å². The van der Waals surface area contributed by atoms with Gasteiger partial charge in [-0.3, -0.25) is 0 Å². The smallest absolute Gasteiger partial charge is 0.0662 e. The molecule has 0 radical (unpaired) electrons. The molecule has 2 unspecified atom stereocenters. The predicted octanol–water partition coefficient (Wildman–Crippen LogP) is 2.32. The zero-order valence-corrected chi connectivity index (χ0v) is 9.84. The van der Waals surface area contributed by atoms with Gasteiger partial charge in [0.25, 0.3) is 0 Å². The lowest BCUT2D eigenvalue weighted by atomic mass is 9.75. The van der Waals surface area contributed by atoms with Crippen LogP contribution in [-0.4, -0.2) is 23.8 Å². The minimum atomic E-state index is -0.248. The highest BCUT2D eigenvalue weighted by Gasteiger charge is 2.27. The Bertz CT molecular complexity index is 162. The standard InChI is InChI=1S/C12H25NO/c1-10(11(2)14)13-9-12(3)7-5-4-6-8-12/h10-11,13-14H,4-9H2,1-3H3. The van der Waals surface area contributed by atoms with E-state index < -0.39 is 0 Å². The largest absolute Gasteiger partial charge is 0.392 e. The molecule has 2 N–H and O–H groups in total. The molecule has 14 heavy (non-hydrogen) atoms. The van der Waals surface area contributed by atoms with Crippen LogP contribution in [0.4, 0.5) is 0 Å². The van der Waals surface area contributed by atoms with Crippen LogP contribution < -0.4 is 5.32 Å². The summed E-state index contributed by atoms with van der Waals surface area (Å²) in [5.74, 6) is 0. The fraction of sp³-hybridized carbons (Fsp3) is 1.00. The highest BCUT2D eigenvalue weighted by atomic mass is 16.3. The van der Waals surface area contributed by atoms with Gasteiger partial charge in [-0.05, 0) is 32.1 Å². The van der Waals surface area contributed by atoms with Crippen LogP contribution in [0.25, 0.3) is 0 Å². The van der Waals surface area contributed by atoms with Crippen molar-refractivity contribution in [2.24, 2.45) is 5.41 Å². The molecule has 0 saturated heterocycles. The molecule has 0 aliphatic heterocycles. The molecule has 0 aromatic carbocycles. The maximum Gasteiger partial charge on any atom is 0.0662 e. The predicted molar refractivity (Wildman–Crippen MR) is 60.3 cm³/mol. The Morgan fingerprint density at radius 2 is 1.79 bits per heavy atom. The average Bonchev–Trinajstić information content (AvgIpc) is 2.15. The molecule has 2 atom stereocenters. The topological polar surface area (TPSA) is 32.3 Å². The van der Waals surface area contributed by atoms with Crippen molar-refractivity contribution in [2.75, 3.05) is 6.54 Å². The summed E-state index contributed by atoms with van der Waals surface area (Å²) in [7, 11) is 0. The molecule has 2 heteroatoms. The molecule has 1 aliphatic carbocycles. The molecular formula is C12H25NO. The van der Waals surface area contributed by atoms with Crippen LogP contribution in [0.15, 0.2) is 0 Å². The van der Waals surface area contributed by atoms with Gasteiger partial charge in [0.05, 0.1) is 6.10 Å². The number of rotatable bonds is 4. The first-order valence-corrected chi connectivity index (χ1v) is 5.95. The number of nitrogens with one attached hydrogen (secondary N) is 1. The quantitative estimate of drug-likeness (QED) is 0.728. The van der Waals surface area contributed by atoms with Crippen molar-refractivity contribution in [1.82, 2.24) is 5.32 Å². The molecule has 0 aromatic rings. The van der Waals surface area contributed by atoms with E-state index in [0.717, 1.165) is 6.54 Å². The Kier molecular flexibility index (Phi) is 4.39. The van der Waals surface area contributed by atoms with E-state index in [-0.39, 0.29) is 12.1 Å². The first kappa shape index (κ1) is 12.0. The maximum atomic E-state index is 9.37. The van der Waals surface area contributed by atoms with Gasteiger partial charge in [0, 0.05) is 12.6 Å². The molecule has 0 aromatic heterocycles. The van der Waals surface area contributed by atoms with E-state index in [0.29, 0.717) is 5.41 Å². The van der Waals surface area contributed by atoms with Crippen molar-refractivity contribution >= 4 is 0 Å². The number of hydrogen-bond acceptors (Lipinski definition) is 2. The highest BCUT2D eigenvalue weighted by Crippen LogP contribution is 2.34. The van der Waals surface area contributed by atoms with Crippen LogP contribution in [0.2, 0.25) is 0 Å². The molecule has 1 fully saturated rings. The van der Waals surface area contributed by atoms with E-state index in [2.05, 4.69) is 19.2 Å². The van der Waals surface area contributed by atoms with Crippen molar-refractivity contribution in [1.29, 1.82) is 0 Å². The van der Waals surface area contributed by atoms with Gasteiger partial charge in [0.1, 0.15) is 0 Å². The molecule has 0 amide bonds. The molecular weight excluding hydrogens is 174 g/mol. The third-order valence-electron chi connectivity index (χ3n) is 3.64. The lowest BCUT2D eigenvalue weighted by Crippen LogP contribution is -2.42. The van der Waals surface area contributed by atoms with Crippen LogP contribution in [0.5, 0.6) is 0 Å². The Morgan fingerprint density at radius 1 is 1.21 bits per heavy atom. The van der Waals surface area contributed by atoms with Gasteiger partial charge in [0.2, 0.25) is 0 Å². The van der Waals surface area contributed by atoms with Gasteiger partial charge >= 0.3 is 0 Å². The third kappa shape index (κ3) is 3.58. The second-order valence-electron chi connectivity index (χ2n) is 5.28. The lowest BCUT2D eigenvalue weighted by Gasteiger charge is -2.35. The first-order chi connectivity index (χ1) is 6.53. The number of aliphatic hydroxyl groups is 1. The Balaban J connectivity index is 2.28. The van der Waals surface area contributed by atoms with Crippen LogP contribution in [-0.2, 0) is 0 Å². The second kappa shape index (κ2) is 5.13. The molecule has 0 heterocycles. The summed E-state index contributed by atoms with van der Waals surface area (Å²) in [6, 6.07) is 0.216. The van der Waals surface area contributed by atoms with Crippen molar-refractivity contribution in [3.63, 3.8) is 0 Å². The summed E-state index contributed by atoms with van der Waals surface area (Å²) < 4.78 is 0. The summed E-state index contributed by atoms with van der Waals surface area (Å²) in [6.45, 7) is 7.32. The molecule has 1 saturated carbocycles. The molecule has 1 rings (SSSR count). The van der Waals surface area contributed by atoms with Crippen LogP contribution in [0, 0.1) is 5.41 Å². The molecule has 2 nitrogen and oxygen atoms in total. The van der Waals surface area contributed by atoms with E-state index in [4.69, 9.17) is 0 Å². The first-order valence-electron chi connectivity index (χ1n) is 5.95. The van der Waals surface area contributed by atoms with E-state index in [1.54, 1.807) is 0 Å². The molecule has 0 bridgehead atoms. The van der Waals surface area contributed by atoms with Gasteiger partial charge in [0.15, 0.2) is 0 Å². The summed E-state index contributed by atoms with van der Waals surface area (Å²) in [5.41, 5.74) is 0.474. The number of hydrogen-bond donors (Lipinski definition) is 2. The normalized spacial score (nSPS) is 25.7. The van der Waals surface area contributed by atoms with E-state index >= 15 is 0 Å². The minimum absolute atomic E-state index is 0.216. The van der Waals surface area contributed by atoms with Crippen LogP contribution >= 0.6 is 0 Å². The zero-order chi connectivity index (χ0) is 10.6. The third-order valence-corrected chi connectivity index (χ3v) is 3.64. The van der Waals surface area contributed by atoms with Gasteiger partial charge in [-0.15, -0.1) is 0 Å². The Labute approximate surface area is 88.1 Å². The average molecular weight is 199 g/mol. The van der Waals surface area contributed by atoms with Gasteiger partial charge in [-0.2, -0.15) is 0 Å². The fourth-order valence-corrected chi connectivity index (χ4v) is 2.16. The van der Waals surface area contributed by atoms with Crippen molar-refractivity contribution in [3.05, 3.63) is 0 Å². The van der Waals surface area contributed by atoms with Crippen LogP contribution in [0.3, 0.4) is 0 Å². The summed E-state index contributed by atoms with van der Waals surface area (Å²) in [5, 5.41) is 12.8. The highest BCUT2D eigenvalue weighted by molar-refractivity contribution is 4.82. The lowest BCUT2D eigenvalue weighted by molar-refractivity contribution is 0.132. The fourth-order valence-electron chi connectivity index (χ4n) is 2.16. The SMILES string of the molecule is CC(O)C(C)NCC1(C)CCCCC1. The molecule has 84 valence electrons. The summed E-state index contributed by atoms with van der Waals surface area (Å²) in [6.07, 6.45) is 6.59. The summed E-state index contributed by atoms with van der Waals surface area (Å²) >= 11 is 0. The van der Waals surface area contributed by atoms with Crippen molar-refractivity contribution in [3.8, 4) is 0 Å². The Hall–Kier alpha value is -0.0800. The number of aliphatic hydroxyl groups excluding tert-OH is 1. The van der Waals surface area contributed by atoms with Crippen molar-refractivity contribution < 1.29 is 5.11 Å². The molecule has 0 spiro atoms. The molecule has 1 aliphatic rings. The zero-order valence-electron chi connectivity index (χ0n) is 9.84. The second-order valence-corrected chi connectivity index (χ2v) is 5.28. The maximum absolute atomic E-state index is 9.37. The van der Waals surface area contributed by atoms with Gasteiger partial charge in [-0.25, -0.2) is 0 Å². The van der Waals surface area contributed by atoms with E-state index in [1.165, 1.54) is 32.1 Å². The van der Waals surface area contributed by atoms with E-state index in [9.17, 15) is 5.11 Å². The summed E-state index contributed by atoms with van der Waals surface area (Å²) in [4.78, 5) is 0. The van der Waals surface area contributed by atoms with Crippen LogP contribution in [0.1, 0.15) is 52.9 Å².